The zero-order valence-electron chi connectivity index (χ0n) is 10.2. The van der Waals surface area contributed by atoms with Crippen LogP contribution in [0, 0.1) is 5.92 Å². The maximum Gasteiger partial charge on any atom is 0.252 e. The van der Waals surface area contributed by atoms with Crippen LogP contribution in [0.3, 0.4) is 0 Å². The molecule has 0 saturated carbocycles. The van der Waals surface area contributed by atoms with Gasteiger partial charge in [0.25, 0.3) is 5.91 Å². The van der Waals surface area contributed by atoms with Crippen LogP contribution in [0.15, 0.2) is 27.6 Å². The van der Waals surface area contributed by atoms with Crippen LogP contribution in [0.5, 0.6) is 0 Å². The van der Waals surface area contributed by atoms with Crippen molar-refractivity contribution >= 4 is 34.5 Å². The van der Waals surface area contributed by atoms with Crippen molar-refractivity contribution in [3.63, 3.8) is 0 Å². The van der Waals surface area contributed by atoms with E-state index < -0.39 is 0 Å². The molecule has 0 aliphatic carbocycles. The summed E-state index contributed by atoms with van der Waals surface area (Å²) < 4.78 is 0.803. The first kappa shape index (κ1) is 14.6. The Bertz CT molecular complexity index is 391. The predicted molar refractivity (Wildman–Crippen MR) is 77.8 cm³/mol. The van der Waals surface area contributed by atoms with E-state index >= 15 is 0 Å². The van der Waals surface area contributed by atoms with Crippen LogP contribution < -0.4 is 5.32 Å². The van der Waals surface area contributed by atoms with E-state index in [1.165, 1.54) is 0 Å². The minimum Gasteiger partial charge on any atom is -0.352 e. The largest absolute Gasteiger partial charge is 0.352 e. The molecule has 0 aliphatic rings. The number of nitrogens with one attached hydrogen (secondary N) is 1. The quantitative estimate of drug-likeness (QED) is 0.793. The highest BCUT2D eigenvalue weighted by Crippen LogP contribution is 2.20. The van der Waals surface area contributed by atoms with Crippen molar-refractivity contribution in [1.29, 1.82) is 0 Å². The second kappa shape index (κ2) is 7.07. The second-order valence-corrected chi connectivity index (χ2v) is 5.43. The number of carbonyl (C=O) groups excluding carboxylic acids is 1. The second-order valence-electron chi connectivity index (χ2n) is 4.06. The van der Waals surface area contributed by atoms with Crippen LogP contribution in [0.25, 0.3) is 0 Å². The van der Waals surface area contributed by atoms with E-state index in [0.29, 0.717) is 11.5 Å². The van der Waals surface area contributed by atoms with Crippen LogP contribution >= 0.6 is 28.6 Å². The van der Waals surface area contributed by atoms with Gasteiger partial charge in [0.1, 0.15) is 0 Å². The number of carbonyl (C=O) groups is 1. The summed E-state index contributed by atoms with van der Waals surface area (Å²) in [6.07, 6.45) is 2.18. The summed E-state index contributed by atoms with van der Waals surface area (Å²) in [6.45, 7) is 5.02. The topological polar surface area (TPSA) is 29.1 Å². The molecule has 0 fully saturated rings. The Morgan fingerprint density at radius 2 is 2.06 bits per heavy atom. The van der Waals surface area contributed by atoms with E-state index in [9.17, 15) is 4.79 Å². The van der Waals surface area contributed by atoms with Gasteiger partial charge in [-0.15, -0.1) is 12.6 Å². The summed E-state index contributed by atoms with van der Waals surface area (Å²) in [7, 11) is 0. The number of amides is 1. The first-order chi connectivity index (χ1) is 8.08. The Hall–Kier alpha value is -0.480. The summed E-state index contributed by atoms with van der Waals surface area (Å²) in [5.74, 6) is 0.511. The lowest BCUT2D eigenvalue weighted by Crippen LogP contribution is -2.29. The standard InChI is InChI=1S/C13H18BrNOS/c1-3-9(4-2)8-15-13(16)11-7-10(17)5-6-12(11)14/h5-7,9,17H,3-4,8H2,1-2H3,(H,15,16). The molecule has 1 rings (SSSR count). The van der Waals surface area contributed by atoms with E-state index in [1.807, 2.05) is 12.1 Å². The maximum atomic E-state index is 12.0. The molecule has 0 bridgehead atoms. The summed E-state index contributed by atoms with van der Waals surface area (Å²) in [4.78, 5) is 12.8. The molecule has 0 unspecified atom stereocenters. The molecule has 94 valence electrons. The number of rotatable bonds is 5. The van der Waals surface area contributed by atoms with Gasteiger partial charge in [0, 0.05) is 15.9 Å². The Morgan fingerprint density at radius 3 is 2.65 bits per heavy atom. The third-order valence-corrected chi connectivity index (χ3v) is 3.87. The molecule has 1 aromatic carbocycles. The van der Waals surface area contributed by atoms with Gasteiger partial charge >= 0.3 is 0 Å². The minimum absolute atomic E-state index is 0.0420. The Morgan fingerprint density at radius 1 is 1.41 bits per heavy atom. The highest BCUT2D eigenvalue weighted by molar-refractivity contribution is 9.10. The summed E-state index contributed by atoms with van der Waals surface area (Å²) in [6, 6.07) is 5.47. The molecule has 0 atom stereocenters. The molecule has 2 nitrogen and oxygen atoms in total. The van der Waals surface area contributed by atoms with Gasteiger partial charge in [-0.2, -0.15) is 0 Å². The van der Waals surface area contributed by atoms with Crippen molar-refractivity contribution in [2.45, 2.75) is 31.6 Å². The van der Waals surface area contributed by atoms with E-state index in [0.717, 1.165) is 28.8 Å². The summed E-state index contributed by atoms with van der Waals surface area (Å²) in [5, 5.41) is 2.97. The molecular weight excluding hydrogens is 298 g/mol. The maximum absolute atomic E-state index is 12.0. The predicted octanol–water partition coefficient (Wildman–Crippen LogP) is 3.90. The molecule has 0 saturated heterocycles. The number of hydrogen-bond acceptors (Lipinski definition) is 2. The lowest BCUT2D eigenvalue weighted by molar-refractivity contribution is 0.0945. The molecule has 1 amide bonds. The first-order valence-electron chi connectivity index (χ1n) is 5.85. The van der Waals surface area contributed by atoms with E-state index in [1.54, 1.807) is 6.07 Å². The minimum atomic E-state index is -0.0420. The fraction of sp³-hybridized carbons (Fsp3) is 0.462. The van der Waals surface area contributed by atoms with Crippen molar-refractivity contribution in [1.82, 2.24) is 5.32 Å². The van der Waals surface area contributed by atoms with Crippen LogP contribution in [0.2, 0.25) is 0 Å². The van der Waals surface area contributed by atoms with Crippen molar-refractivity contribution in [3.05, 3.63) is 28.2 Å². The zero-order valence-corrected chi connectivity index (χ0v) is 12.6. The molecule has 17 heavy (non-hydrogen) atoms. The lowest BCUT2D eigenvalue weighted by atomic mass is 10.0. The van der Waals surface area contributed by atoms with Gasteiger partial charge < -0.3 is 5.32 Å². The van der Waals surface area contributed by atoms with Gasteiger partial charge in [0.2, 0.25) is 0 Å². The van der Waals surface area contributed by atoms with Gasteiger partial charge in [0.15, 0.2) is 0 Å². The highest BCUT2D eigenvalue weighted by Gasteiger charge is 2.11. The molecule has 0 aliphatic heterocycles. The van der Waals surface area contributed by atoms with Crippen LogP contribution in [-0.2, 0) is 0 Å². The molecule has 1 N–H and O–H groups in total. The lowest BCUT2D eigenvalue weighted by Gasteiger charge is -2.14. The average Bonchev–Trinajstić information content (AvgIpc) is 2.33. The van der Waals surface area contributed by atoms with Crippen LogP contribution in [-0.4, -0.2) is 12.5 Å². The van der Waals surface area contributed by atoms with Gasteiger partial charge in [-0.05, 0) is 40.0 Å². The van der Waals surface area contributed by atoms with Crippen molar-refractivity contribution in [2.24, 2.45) is 5.92 Å². The van der Waals surface area contributed by atoms with E-state index in [-0.39, 0.29) is 5.91 Å². The monoisotopic (exact) mass is 315 g/mol. The van der Waals surface area contributed by atoms with Crippen molar-refractivity contribution < 1.29 is 4.79 Å². The number of benzene rings is 1. The molecule has 0 spiro atoms. The van der Waals surface area contributed by atoms with Crippen LogP contribution in [0.1, 0.15) is 37.0 Å². The third-order valence-electron chi connectivity index (χ3n) is 2.90. The SMILES string of the molecule is CCC(CC)CNC(=O)c1cc(S)ccc1Br. The summed E-state index contributed by atoms with van der Waals surface area (Å²) in [5.41, 5.74) is 0.642. The number of hydrogen-bond donors (Lipinski definition) is 2. The van der Waals surface area contributed by atoms with Gasteiger partial charge in [-0.25, -0.2) is 0 Å². The molecule has 0 radical (unpaired) electrons. The average molecular weight is 316 g/mol. The summed E-state index contributed by atoms with van der Waals surface area (Å²) >= 11 is 7.62. The fourth-order valence-corrected chi connectivity index (χ4v) is 2.23. The van der Waals surface area contributed by atoms with Crippen LogP contribution in [0.4, 0.5) is 0 Å². The van der Waals surface area contributed by atoms with Gasteiger partial charge in [-0.1, -0.05) is 26.7 Å². The Balaban J connectivity index is 2.66. The molecule has 4 heteroatoms. The molecular formula is C13H18BrNOS. The smallest absolute Gasteiger partial charge is 0.252 e. The highest BCUT2D eigenvalue weighted by atomic mass is 79.9. The molecule has 0 heterocycles. The van der Waals surface area contributed by atoms with E-state index in [2.05, 4.69) is 47.7 Å². The van der Waals surface area contributed by atoms with Gasteiger partial charge in [0.05, 0.1) is 5.56 Å². The molecule has 0 aromatic heterocycles. The first-order valence-corrected chi connectivity index (χ1v) is 7.09. The number of halogens is 1. The normalized spacial score (nSPS) is 10.6. The zero-order chi connectivity index (χ0) is 12.8. The van der Waals surface area contributed by atoms with Crippen molar-refractivity contribution in [2.75, 3.05) is 6.54 Å². The van der Waals surface area contributed by atoms with E-state index in [4.69, 9.17) is 0 Å². The fourth-order valence-electron chi connectivity index (χ4n) is 1.60. The molecule has 1 aromatic rings. The third kappa shape index (κ3) is 4.36. The number of thiol groups is 1. The Labute approximate surface area is 117 Å². The van der Waals surface area contributed by atoms with Crippen molar-refractivity contribution in [3.8, 4) is 0 Å². The Kier molecular flexibility index (Phi) is 6.06. The van der Waals surface area contributed by atoms with Gasteiger partial charge in [-0.3, -0.25) is 4.79 Å².